The third-order valence-corrected chi connectivity index (χ3v) is 5.34. The van der Waals surface area contributed by atoms with Crippen molar-refractivity contribution in [3.63, 3.8) is 0 Å². The highest BCUT2D eigenvalue weighted by Gasteiger charge is 2.25. The van der Waals surface area contributed by atoms with Gasteiger partial charge < -0.3 is 20.5 Å². The summed E-state index contributed by atoms with van der Waals surface area (Å²) in [5.41, 5.74) is 9.24. The Morgan fingerprint density at radius 1 is 1.33 bits per heavy atom. The predicted molar refractivity (Wildman–Crippen MR) is 113 cm³/mol. The number of hydrogen-bond donors (Lipinski definition) is 3. The molecule has 1 aromatic carbocycles. The van der Waals surface area contributed by atoms with Crippen molar-refractivity contribution in [1.29, 1.82) is 0 Å². The average molecular weight is 414 g/mol. The number of nitrogen functional groups attached to an aromatic ring is 1. The van der Waals surface area contributed by atoms with E-state index in [0.29, 0.717) is 36.9 Å². The second-order valence-electron chi connectivity index (χ2n) is 7.79. The van der Waals surface area contributed by atoms with Crippen LogP contribution in [0.15, 0.2) is 29.1 Å². The molecule has 0 aliphatic heterocycles. The van der Waals surface area contributed by atoms with Gasteiger partial charge in [-0.3, -0.25) is 4.98 Å². The highest BCUT2D eigenvalue weighted by Crippen LogP contribution is 2.27. The Hall–Kier alpha value is -2.91. The van der Waals surface area contributed by atoms with Gasteiger partial charge in [-0.05, 0) is 41.4 Å². The van der Waals surface area contributed by atoms with Crippen LogP contribution in [0.5, 0.6) is 6.01 Å². The van der Waals surface area contributed by atoms with Gasteiger partial charge in [0.15, 0.2) is 5.52 Å². The van der Waals surface area contributed by atoms with Crippen LogP contribution in [0.4, 0.5) is 5.82 Å². The van der Waals surface area contributed by atoms with E-state index in [1.54, 1.807) is 23.3 Å². The van der Waals surface area contributed by atoms with Crippen molar-refractivity contribution in [2.45, 2.75) is 25.9 Å². The van der Waals surface area contributed by atoms with Gasteiger partial charge in [-0.25, -0.2) is 9.36 Å². The number of rotatable bonds is 10. The van der Waals surface area contributed by atoms with Crippen molar-refractivity contribution in [3.8, 4) is 6.01 Å². The molecule has 2 aromatic heterocycles. The summed E-state index contributed by atoms with van der Waals surface area (Å²) in [5, 5.41) is 3.51. The standard InChI is InChI=1S/C21H28N6O3/c1-26-19-17(18(22)25-21(26)30-9-8-29-2)24-20(28)27(19)13-16-5-3-4-15(10-16)12-23-11-14-6-7-14/h3-5,10,14,22-23H,6-9,11-13H2,1-2H3,(H,24,28)/p+1. The molecule has 9 heteroatoms. The molecule has 30 heavy (non-hydrogen) atoms. The summed E-state index contributed by atoms with van der Waals surface area (Å²) in [6.45, 7) is 3.09. The fourth-order valence-electron chi connectivity index (χ4n) is 3.57. The molecule has 4 N–H and O–H groups in total. The third kappa shape index (κ3) is 4.47. The lowest BCUT2D eigenvalue weighted by Crippen LogP contribution is -2.37. The lowest BCUT2D eigenvalue weighted by Gasteiger charge is -2.08. The normalized spacial score (nSPS) is 13.8. The summed E-state index contributed by atoms with van der Waals surface area (Å²) in [6, 6.07) is 8.62. The molecule has 0 saturated heterocycles. The first-order chi connectivity index (χ1) is 14.6. The van der Waals surface area contributed by atoms with Crippen LogP contribution in [0.25, 0.3) is 11.2 Å². The summed E-state index contributed by atoms with van der Waals surface area (Å²) >= 11 is 0. The number of aromatic nitrogens is 4. The highest BCUT2D eigenvalue weighted by molar-refractivity contribution is 5.79. The number of aromatic amines is 1. The molecule has 0 atom stereocenters. The highest BCUT2D eigenvalue weighted by atomic mass is 16.5. The number of benzene rings is 1. The molecular weight excluding hydrogens is 384 g/mol. The van der Waals surface area contributed by atoms with Crippen LogP contribution in [-0.2, 0) is 24.9 Å². The van der Waals surface area contributed by atoms with Crippen LogP contribution in [-0.4, -0.2) is 41.4 Å². The third-order valence-electron chi connectivity index (χ3n) is 5.34. The number of nitrogens with zero attached hydrogens (tertiary/aromatic N) is 3. The maximum atomic E-state index is 12.7. The monoisotopic (exact) mass is 413 g/mol. The summed E-state index contributed by atoms with van der Waals surface area (Å²) in [4.78, 5) is 19.8. The molecular formula is C21H29N6O3+. The predicted octanol–water partition coefficient (Wildman–Crippen LogP) is 0.704. The first-order valence-electron chi connectivity index (χ1n) is 10.2. The Morgan fingerprint density at radius 3 is 2.90 bits per heavy atom. The smallest absolute Gasteiger partial charge is 0.436 e. The quantitative estimate of drug-likeness (QED) is 0.333. The maximum absolute atomic E-state index is 12.7. The van der Waals surface area contributed by atoms with Gasteiger partial charge in [-0.15, -0.1) is 0 Å². The minimum absolute atomic E-state index is 0.226. The van der Waals surface area contributed by atoms with Crippen molar-refractivity contribution in [3.05, 3.63) is 45.9 Å². The first kappa shape index (κ1) is 20.4. The van der Waals surface area contributed by atoms with E-state index in [1.165, 1.54) is 18.4 Å². The number of nitrogens with two attached hydrogens (primary N) is 1. The summed E-state index contributed by atoms with van der Waals surface area (Å²) in [7, 11) is 3.41. The molecule has 9 nitrogen and oxygen atoms in total. The van der Waals surface area contributed by atoms with E-state index >= 15 is 0 Å². The van der Waals surface area contributed by atoms with Crippen LogP contribution in [0, 0.1) is 5.92 Å². The minimum atomic E-state index is -0.236. The van der Waals surface area contributed by atoms with Crippen molar-refractivity contribution in [2.75, 3.05) is 32.6 Å². The van der Waals surface area contributed by atoms with E-state index in [9.17, 15) is 4.79 Å². The molecule has 1 aliphatic carbocycles. The number of aryl methyl sites for hydroxylation is 1. The number of ether oxygens (including phenoxy) is 2. The van der Waals surface area contributed by atoms with Crippen molar-refractivity contribution in [1.82, 2.24) is 19.9 Å². The Kier molecular flexibility index (Phi) is 6.01. The molecule has 0 radical (unpaired) electrons. The summed E-state index contributed by atoms with van der Waals surface area (Å²) < 4.78 is 14.1. The second kappa shape index (κ2) is 8.85. The number of methoxy groups -OCH3 is 1. The van der Waals surface area contributed by atoms with Crippen LogP contribution >= 0.6 is 0 Å². The second-order valence-corrected chi connectivity index (χ2v) is 7.79. The number of imidazole rings is 1. The summed E-state index contributed by atoms with van der Waals surface area (Å²) in [5.74, 6) is 1.07. The lowest BCUT2D eigenvalue weighted by atomic mass is 10.1. The molecule has 0 unspecified atom stereocenters. The van der Waals surface area contributed by atoms with Crippen molar-refractivity contribution in [2.24, 2.45) is 13.0 Å². The average Bonchev–Trinajstić information content (AvgIpc) is 3.49. The lowest BCUT2D eigenvalue weighted by molar-refractivity contribution is -0.657. The van der Waals surface area contributed by atoms with Gasteiger partial charge >= 0.3 is 11.7 Å². The first-order valence-corrected chi connectivity index (χ1v) is 10.2. The van der Waals surface area contributed by atoms with E-state index < -0.39 is 0 Å². The van der Waals surface area contributed by atoms with Gasteiger partial charge in [0, 0.05) is 13.7 Å². The van der Waals surface area contributed by atoms with Crippen LogP contribution in [0.3, 0.4) is 0 Å². The SMILES string of the molecule is COCCOc1nc(N)c2[nH]c(=O)n(Cc3cccc(CNCC4CC4)c3)c2[n+]1C. The maximum Gasteiger partial charge on any atom is 0.436 e. The molecule has 1 saturated carbocycles. The van der Waals surface area contributed by atoms with E-state index in [0.717, 1.165) is 24.6 Å². The number of H-pyrrole nitrogens is 1. The summed E-state index contributed by atoms with van der Waals surface area (Å²) in [6.07, 6.45) is 2.67. The Morgan fingerprint density at radius 2 is 2.13 bits per heavy atom. The van der Waals surface area contributed by atoms with Gasteiger partial charge in [0.25, 0.3) is 5.65 Å². The molecule has 1 fully saturated rings. The zero-order valence-electron chi connectivity index (χ0n) is 17.5. The Bertz CT molecular complexity index is 1090. The van der Waals surface area contributed by atoms with Gasteiger partial charge in [0.05, 0.1) is 20.2 Å². The van der Waals surface area contributed by atoms with Crippen LogP contribution < -0.4 is 26.0 Å². The van der Waals surface area contributed by atoms with E-state index in [-0.39, 0.29) is 11.5 Å². The zero-order chi connectivity index (χ0) is 21.1. The fourth-order valence-corrected chi connectivity index (χ4v) is 3.57. The molecule has 160 valence electrons. The van der Waals surface area contributed by atoms with Gasteiger partial charge in [-0.2, -0.15) is 4.57 Å². The Labute approximate surface area is 174 Å². The molecule has 3 aromatic rings. The molecule has 4 rings (SSSR count). The van der Waals surface area contributed by atoms with Gasteiger partial charge in [-0.1, -0.05) is 24.3 Å². The molecule has 2 heterocycles. The number of nitrogens with one attached hydrogen (secondary N) is 2. The van der Waals surface area contributed by atoms with Crippen molar-refractivity contribution < 1.29 is 14.0 Å². The number of hydrogen-bond acceptors (Lipinski definition) is 6. The molecule has 0 amide bonds. The molecule has 0 bridgehead atoms. The van der Waals surface area contributed by atoms with Gasteiger partial charge in [0.1, 0.15) is 6.61 Å². The Balaban J connectivity index is 1.60. The van der Waals surface area contributed by atoms with Crippen LogP contribution in [0.2, 0.25) is 0 Å². The van der Waals surface area contributed by atoms with E-state index in [4.69, 9.17) is 15.2 Å². The van der Waals surface area contributed by atoms with Gasteiger partial charge in [0.2, 0.25) is 5.82 Å². The largest absolute Gasteiger partial charge is 0.438 e. The fraction of sp³-hybridized carbons (Fsp3) is 0.476. The van der Waals surface area contributed by atoms with Crippen molar-refractivity contribution >= 4 is 17.0 Å². The topological polar surface area (TPSA) is 111 Å². The molecule has 0 spiro atoms. The number of anilines is 1. The minimum Gasteiger partial charge on any atom is -0.438 e. The van der Waals surface area contributed by atoms with E-state index in [2.05, 4.69) is 27.4 Å². The molecule has 1 aliphatic rings. The number of fused-ring (bicyclic) bond motifs is 1. The van der Waals surface area contributed by atoms with E-state index in [1.807, 2.05) is 12.1 Å². The van der Waals surface area contributed by atoms with Crippen LogP contribution in [0.1, 0.15) is 24.0 Å². The zero-order valence-corrected chi connectivity index (χ0v) is 17.5.